The van der Waals surface area contributed by atoms with Crippen molar-refractivity contribution in [3.8, 4) is 5.75 Å². The van der Waals surface area contributed by atoms with Crippen molar-refractivity contribution in [3.63, 3.8) is 0 Å². The second-order valence-electron chi connectivity index (χ2n) is 11.5. The van der Waals surface area contributed by atoms with E-state index in [1.165, 1.54) is 5.56 Å². The highest BCUT2D eigenvalue weighted by molar-refractivity contribution is 5.78. The second-order valence-corrected chi connectivity index (χ2v) is 11.5. The van der Waals surface area contributed by atoms with Crippen LogP contribution in [0.1, 0.15) is 55.2 Å². The van der Waals surface area contributed by atoms with Gasteiger partial charge in [-0.1, -0.05) is 37.3 Å². The highest BCUT2D eigenvalue weighted by Crippen LogP contribution is 2.35. The molecule has 0 unspecified atom stereocenters. The van der Waals surface area contributed by atoms with Gasteiger partial charge in [0.05, 0.1) is 44.8 Å². The Morgan fingerprint density at radius 1 is 1.07 bits per heavy atom. The Labute approximate surface area is 257 Å². The molecule has 0 saturated carbocycles. The molecule has 4 rings (SSSR count). The SMILES string of the molecule is CC[C@@H](C[C@H]1C[C@H](c2ccc(COCCOC)cc2)[C@@H](OCc2ccc3c(c2)N(CCCOC)CCO3)CN1)C(=O)NC. The Morgan fingerprint density at radius 2 is 1.86 bits per heavy atom. The zero-order valence-corrected chi connectivity index (χ0v) is 26.4. The molecule has 9 nitrogen and oxygen atoms in total. The van der Waals surface area contributed by atoms with Gasteiger partial charge in [-0.05, 0) is 54.5 Å². The van der Waals surface area contributed by atoms with Crippen LogP contribution in [0.15, 0.2) is 42.5 Å². The number of nitrogens with one attached hydrogen (secondary N) is 2. The molecule has 1 saturated heterocycles. The lowest BCUT2D eigenvalue weighted by atomic mass is 9.81. The van der Waals surface area contributed by atoms with Crippen LogP contribution in [0.25, 0.3) is 0 Å². The number of carbonyl (C=O) groups excluding carboxylic acids is 1. The largest absolute Gasteiger partial charge is 0.490 e. The molecule has 4 atom stereocenters. The van der Waals surface area contributed by atoms with Gasteiger partial charge in [-0.25, -0.2) is 0 Å². The molecule has 0 aromatic heterocycles. The Bertz CT molecular complexity index is 1110. The van der Waals surface area contributed by atoms with Crippen LogP contribution >= 0.6 is 0 Å². The van der Waals surface area contributed by atoms with Crippen molar-refractivity contribution in [1.29, 1.82) is 0 Å². The molecule has 0 spiro atoms. The monoisotopic (exact) mass is 597 g/mol. The standard InChI is InChI=1S/C34H51N3O6/c1-5-27(34(38)35-2)20-29-21-30(28-10-7-25(8-11-28)23-41-18-17-40-4)33(22-36-29)43-24-26-9-12-32-31(19-26)37(14-16-42-32)13-6-15-39-3/h7-12,19,27,29-30,33,36H,5-6,13-18,20-24H2,1-4H3,(H,35,38)/t27-,29-,30+,33-/m0/s1. The Balaban J connectivity index is 1.45. The Morgan fingerprint density at radius 3 is 2.60 bits per heavy atom. The quantitative estimate of drug-likeness (QED) is 0.261. The Hall–Kier alpha value is -2.69. The van der Waals surface area contributed by atoms with Gasteiger partial charge in [0.1, 0.15) is 12.4 Å². The molecular formula is C34H51N3O6. The van der Waals surface area contributed by atoms with Gasteiger partial charge in [0.2, 0.25) is 5.91 Å². The fourth-order valence-electron chi connectivity index (χ4n) is 6.12. The fourth-order valence-corrected chi connectivity index (χ4v) is 6.12. The van der Waals surface area contributed by atoms with E-state index < -0.39 is 0 Å². The summed E-state index contributed by atoms with van der Waals surface area (Å²) in [7, 11) is 5.15. The predicted octanol–water partition coefficient (Wildman–Crippen LogP) is 4.28. The first-order chi connectivity index (χ1) is 21.1. The maximum absolute atomic E-state index is 12.5. The molecule has 2 aromatic carbocycles. The predicted molar refractivity (Wildman–Crippen MR) is 169 cm³/mol. The van der Waals surface area contributed by atoms with E-state index in [-0.39, 0.29) is 29.9 Å². The number of anilines is 1. The minimum atomic E-state index is -0.00297. The molecular weight excluding hydrogens is 546 g/mol. The van der Waals surface area contributed by atoms with Crippen LogP contribution in [0.3, 0.4) is 0 Å². The third-order valence-electron chi connectivity index (χ3n) is 8.61. The molecule has 0 bridgehead atoms. The van der Waals surface area contributed by atoms with Gasteiger partial charge in [0.15, 0.2) is 0 Å². The summed E-state index contributed by atoms with van der Waals surface area (Å²) in [6.45, 7) is 8.33. The summed E-state index contributed by atoms with van der Waals surface area (Å²) in [6.07, 6.45) is 3.53. The number of hydrogen-bond donors (Lipinski definition) is 2. The highest BCUT2D eigenvalue weighted by Gasteiger charge is 2.34. The van der Waals surface area contributed by atoms with Gasteiger partial charge in [-0.3, -0.25) is 4.79 Å². The van der Waals surface area contributed by atoms with Crippen molar-refractivity contribution in [2.75, 3.05) is 72.2 Å². The molecule has 238 valence electrons. The minimum absolute atomic E-state index is 0.00297. The number of rotatable bonds is 17. The number of benzene rings is 2. The van der Waals surface area contributed by atoms with E-state index in [9.17, 15) is 4.79 Å². The first kappa shape index (κ1) is 33.2. The summed E-state index contributed by atoms with van der Waals surface area (Å²) in [4.78, 5) is 14.8. The third-order valence-corrected chi connectivity index (χ3v) is 8.61. The van der Waals surface area contributed by atoms with Crippen LogP contribution in [-0.4, -0.2) is 85.4 Å². The molecule has 2 aliphatic rings. The van der Waals surface area contributed by atoms with E-state index in [1.54, 1.807) is 21.3 Å². The van der Waals surface area contributed by atoms with Gasteiger partial charge < -0.3 is 39.2 Å². The lowest BCUT2D eigenvalue weighted by Crippen LogP contribution is -2.48. The first-order valence-corrected chi connectivity index (χ1v) is 15.8. The molecule has 1 amide bonds. The van der Waals surface area contributed by atoms with E-state index in [2.05, 4.69) is 64.9 Å². The average Bonchev–Trinajstić information content (AvgIpc) is 3.05. The summed E-state index contributed by atoms with van der Waals surface area (Å²) in [5.74, 6) is 1.25. The summed E-state index contributed by atoms with van der Waals surface area (Å²) in [5.41, 5.74) is 4.66. The van der Waals surface area contributed by atoms with Crippen LogP contribution < -0.4 is 20.3 Å². The average molecular weight is 598 g/mol. The molecule has 2 aliphatic heterocycles. The normalized spacial score (nSPS) is 20.7. The van der Waals surface area contributed by atoms with Crippen molar-refractivity contribution < 1.29 is 28.5 Å². The van der Waals surface area contributed by atoms with Crippen molar-refractivity contribution in [2.45, 2.75) is 63.9 Å². The topological polar surface area (TPSA) is 90.5 Å². The fraction of sp³-hybridized carbons (Fsp3) is 0.618. The van der Waals surface area contributed by atoms with E-state index in [0.717, 1.165) is 74.5 Å². The summed E-state index contributed by atoms with van der Waals surface area (Å²) in [5, 5.41) is 6.54. The lowest BCUT2D eigenvalue weighted by molar-refractivity contribution is -0.125. The lowest BCUT2D eigenvalue weighted by Gasteiger charge is -2.38. The van der Waals surface area contributed by atoms with Crippen LogP contribution in [0, 0.1) is 5.92 Å². The van der Waals surface area contributed by atoms with Gasteiger partial charge >= 0.3 is 0 Å². The van der Waals surface area contributed by atoms with Crippen LogP contribution in [0.2, 0.25) is 0 Å². The van der Waals surface area contributed by atoms with Gasteiger partial charge in [0.25, 0.3) is 0 Å². The maximum atomic E-state index is 12.5. The number of piperidine rings is 1. The summed E-state index contributed by atoms with van der Waals surface area (Å²) >= 11 is 0. The van der Waals surface area contributed by atoms with E-state index in [0.29, 0.717) is 33.0 Å². The zero-order chi connectivity index (χ0) is 30.4. The number of fused-ring (bicyclic) bond motifs is 1. The zero-order valence-electron chi connectivity index (χ0n) is 26.4. The highest BCUT2D eigenvalue weighted by atomic mass is 16.5. The molecule has 2 heterocycles. The van der Waals surface area contributed by atoms with Gasteiger partial charge in [-0.2, -0.15) is 0 Å². The van der Waals surface area contributed by atoms with Crippen molar-refractivity contribution in [2.24, 2.45) is 5.92 Å². The minimum Gasteiger partial charge on any atom is -0.490 e. The smallest absolute Gasteiger partial charge is 0.222 e. The molecule has 2 aromatic rings. The van der Waals surface area contributed by atoms with Crippen molar-refractivity contribution in [1.82, 2.24) is 10.6 Å². The molecule has 1 fully saturated rings. The van der Waals surface area contributed by atoms with Crippen LogP contribution in [0.4, 0.5) is 5.69 Å². The van der Waals surface area contributed by atoms with E-state index in [1.807, 2.05) is 0 Å². The molecule has 2 N–H and O–H groups in total. The van der Waals surface area contributed by atoms with E-state index in [4.69, 9.17) is 23.7 Å². The molecule has 0 aliphatic carbocycles. The van der Waals surface area contributed by atoms with Crippen LogP contribution in [-0.2, 0) is 37.0 Å². The first-order valence-electron chi connectivity index (χ1n) is 15.8. The van der Waals surface area contributed by atoms with E-state index >= 15 is 0 Å². The summed E-state index contributed by atoms with van der Waals surface area (Å²) < 4.78 is 28.7. The van der Waals surface area contributed by atoms with Gasteiger partial charge in [-0.15, -0.1) is 0 Å². The van der Waals surface area contributed by atoms with Crippen molar-refractivity contribution >= 4 is 11.6 Å². The Kier molecular flexibility index (Phi) is 13.6. The van der Waals surface area contributed by atoms with Crippen LogP contribution in [0.5, 0.6) is 5.75 Å². The molecule has 0 radical (unpaired) electrons. The third kappa shape index (κ3) is 9.65. The number of ether oxygens (including phenoxy) is 5. The number of carbonyl (C=O) groups is 1. The second kappa shape index (κ2) is 17.6. The number of amides is 1. The molecule has 43 heavy (non-hydrogen) atoms. The number of methoxy groups -OCH3 is 2. The summed E-state index contributed by atoms with van der Waals surface area (Å²) in [6, 6.07) is 15.4. The van der Waals surface area contributed by atoms with Gasteiger partial charge in [0, 0.05) is 58.8 Å². The van der Waals surface area contributed by atoms with Crippen molar-refractivity contribution in [3.05, 3.63) is 59.2 Å². The molecule has 9 heteroatoms. The number of hydrogen-bond acceptors (Lipinski definition) is 8. The maximum Gasteiger partial charge on any atom is 0.222 e. The number of nitrogens with zero attached hydrogens (tertiary/aromatic N) is 1.